The van der Waals surface area contributed by atoms with Crippen LogP contribution >= 0.6 is 0 Å². The molecule has 4 nitrogen and oxygen atoms in total. The number of carbonyl (C=O) groups excluding carboxylic acids is 1. The molecule has 2 rings (SSSR count). The summed E-state index contributed by atoms with van der Waals surface area (Å²) in [4.78, 5) is 16.8. The Morgan fingerprint density at radius 2 is 2.05 bits per heavy atom. The van der Waals surface area contributed by atoms with Crippen LogP contribution in [0.25, 0.3) is 10.9 Å². The molecule has 0 saturated heterocycles. The first-order valence-electron chi connectivity index (χ1n) is 7.36. The Labute approximate surface area is 125 Å². The Hall–Kier alpha value is -1.94. The number of nitrogens with zero attached hydrogens (tertiary/aromatic N) is 1. The molecule has 0 saturated carbocycles. The fourth-order valence-corrected chi connectivity index (χ4v) is 2.60. The van der Waals surface area contributed by atoms with Crippen LogP contribution in [0.15, 0.2) is 36.5 Å². The zero-order valence-electron chi connectivity index (χ0n) is 12.6. The Morgan fingerprint density at radius 3 is 2.71 bits per heavy atom. The highest BCUT2D eigenvalue weighted by Crippen LogP contribution is 2.30. The molecule has 1 aromatic heterocycles. The quantitative estimate of drug-likeness (QED) is 0.829. The maximum Gasteiger partial charge on any atom is 0.313 e. The lowest BCUT2D eigenvalue weighted by Crippen LogP contribution is -2.41. The first kappa shape index (κ1) is 15.4. The van der Waals surface area contributed by atoms with Crippen molar-refractivity contribution in [2.24, 2.45) is 11.1 Å². The molecule has 21 heavy (non-hydrogen) atoms. The van der Waals surface area contributed by atoms with Gasteiger partial charge in [0.1, 0.15) is 0 Å². The fraction of sp³-hybridized carbons (Fsp3) is 0.412. The van der Waals surface area contributed by atoms with Crippen molar-refractivity contribution >= 4 is 16.9 Å². The number of aromatic nitrogens is 1. The highest BCUT2D eigenvalue weighted by molar-refractivity contribution is 5.83. The predicted molar refractivity (Wildman–Crippen MR) is 83.9 cm³/mol. The molecule has 1 aromatic carbocycles. The molecule has 2 aromatic rings. The predicted octanol–water partition coefficient (Wildman–Crippen LogP) is 2.70. The summed E-state index contributed by atoms with van der Waals surface area (Å²) in [5.41, 5.74) is 7.20. The molecule has 1 unspecified atom stereocenters. The van der Waals surface area contributed by atoms with Gasteiger partial charge in [0.15, 0.2) is 0 Å². The van der Waals surface area contributed by atoms with E-state index in [4.69, 9.17) is 10.5 Å². The van der Waals surface area contributed by atoms with Crippen LogP contribution in [-0.2, 0) is 16.0 Å². The van der Waals surface area contributed by atoms with E-state index in [1.165, 1.54) is 0 Å². The van der Waals surface area contributed by atoms with Gasteiger partial charge in [-0.1, -0.05) is 31.2 Å². The van der Waals surface area contributed by atoms with Crippen molar-refractivity contribution in [1.82, 2.24) is 4.98 Å². The number of pyridine rings is 1. The van der Waals surface area contributed by atoms with Crippen LogP contribution in [0.4, 0.5) is 0 Å². The van der Waals surface area contributed by atoms with E-state index in [0.29, 0.717) is 19.4 Å². The molecule has 0 aliphatic rings. The second-order valence-electron chi connectivity index (χ2n) is 5.23. The number of para-hydroxylation sites is 1. The number of hydrogen-bond donors (Lipinski definition) is 1. The molecule has 0 bridgehead atoms. The number of hydrogen-bond acceptors (Lipinski definition) is 4. The van der Waals surface area contributed by atoms with Gasteiger partial charge in [0.2, 0.25) is 0 Å². The van der Waals surface area contributed by atoms with Crippen molar-refractivity contribution in [3.05, 3.63) is 42.1 Å². The van der Waals surface area contributed by atoms with Gasteiger partial charge in [-0.3, -0.25) is 9.78 Å². The van der Waals surface area contributed by atoms with Crippen LogP contribution in [0.5, 0.6) is 0 Å². The van der Waals surface area contributed by atoms with Crippen molar-refractivity contribution in [3.8, 4) is 0 Å². The van der Waals surface area contributed by atoms with Crippen molar-refractivity contribution < 1.29 is 9.53 Å². The second-order valence-corrected chi connectivity index (χ2v) is 5.23. The first-order valence-corrected chi connectivity index (χ1v) is 7.36. The standard InChI is InChI=1S/C17H22N2O2/c1-3-17(12-18,16(20)21-4-2)11-14-8-5-7-13-9-6-10-19-15(13)14/h5-10H,3-4,11-12,18H2,1-2H3. The first-order chi connectivity index (χ1) is 10.2. The van der Waals surface area contributed by atoms with Crippen molar-refractivity contribution in [2.75, 3.05) is 13.2 Å². The van der Waals surface area contributed by atoms with E-state index >= 15 is 0 Å². The van der Waals surface area contributed by atoms with E-state index in [2.05, 4.69) is 4.98 Å². The Morgan fingerprint density at radius 1 is 1.29 bits per heavy atom. The number of rotatable bonds is 6. The monoisotopic (exact) mass is 286 g/mol. The fourth-order valence-electron chi connectivity index (χ4n) is 2.60. The summed E-state index contributed by atoms with van der Waals surface area (Å²) >= 11 is 0. The number of carbonyl (C=O) groups is 1. The number of esters is 1. The third-order valence-electron chi connectivity index (χ3n) is 4.02. The smallest absolute Gasteiger partial charge is 0.313 e. The number of nitrogens with two attached hydrogens (primary N) is 1. The Bertz CT molecular complexity index is 616. The molecule has 0 fully saturated rings. The molecule has 1 atom stereocenters. The van der Waals surface area contributed by atoms with Crippen LogP contribution in [0.3, 0.4) is 0 Å². The van der Waals surface area contributed by atoms with Gasteiger partial charge in [0, 0.05) is 18.1 Å². The summed E-state index contributed by atoms with van der Waals surface area (Å²) in [5, 5.41) is 1.07. The summed E-state index contributed by atoms with van der Waals surface area (Å²) in [7, 11) is 0. The lowest BCUT2D eigenvalue weighted by atomic mass is 9.78. The number of ether oxygens (including phenoxy) is 1. The van der Waals surface area contributed by atoms with E-state index in [-0.39, 0.29) is 12.5 Å². The summed E-state index contributed by atoms with van der Waals surface area (Å²) in [5.74, 6) is -0.220. The molecule has 0 aliphatic carbocycles. The number of fused-ring (bicyclic) bond motifs is 1. The summed E-state index contributed by atoms with van der Waals surface area (Å²) in [6.45, 7) is 4.43. The van der Waals surface area contributed by atoms with Crippen LogP contribution in [0, 0.1) is 5.41 Å². The third kappa shape index (κ3) is 3.05. The van der Waals surface area contributed by atoms with Gasteiger partial charge in [-0.05, 0) is 31.4 Å². The van der Waals surface area contributed by atoms with Crippen LogP contribution in [-0.4, -0.2) is 24.1 Å². The second kappa shape index (κ2) is 6.68. The lowest BCUT2D eigenvalue weighted by molar-refractivity contribution is -0.155. The van der Waals surface area contributed by atoms with E-state index in [1.807, 2.05) is 44.2 Å². The van der Waals surface area contributed by atoms with Gasteiger partial charge in [0.25, 0.3) is 0 Å². The molecule has 2 N–H and O–H groups in total. The average molecular weight is 286 g/mol. The van der Waals surface area contributed by atoms with E-state index in [0.717, 1.165) is 16.5 Å². The largest absolute Gasteiger partial charge is 0.466 e. The molecule has 1 heterocycles. The van der Waals surface area contributed by atoms with E-state index in [9.17, 15) is 4.79 Å². The average Bonchev–Trinajstić information content (AvgIpc) is 2.53. The molecule has 0 radical (unpaired) electrons. The Kier molecular flexibility index (Phi) is 4.91. The Balaban J connectivity index is 2.42. The van der Waals surface area contributed by atoms with Gasteiger partial charge in [0.05, 0.1) is 17.5 Å². The SMILES string of the molecule is CCOC(=O)C(CC)(CN)Cc1cccc2cccnc12. The van der Waals surface area contributed by atoms with Gasteiger partial charge in [-0.15, -0.1) is 0 Å². The molecule has 4 heteroatoms. The topological polar surface area (TPSA) is 65.2 Å². The van der Waals surface area contributed by atoms with Crippen LogP contribution in [0.2, 0.25) is 0 Å². The minimum atomic E-state index is -0.679. The minimum absolute atomic E-state index is 0.220. The molecule has 0 amide bonds. The van der Waals surface area contributed by atoms with Crippen LogP contribution < -0.4 is 5.73 Å². The van der Waals surface area contributed by atoms with Crippen molar-refractivity contribution in [2.45, 2.75) is 26.7 Å². The van der Waals surface area contributed by atoms with Crippen molar-refractivity contribution in [3.63, 3.8) is 0 Å². The molecule has 112 valence electrons. The normalized spacial score (nSPS) is 13.9. The molecule has 0 spiro atoms. The van der Waals surface area contributed by atoms with Crippen LogP contribution in [0.1, 0.15) is 25.8 Å². The summed E-state index contributed by atoms with van der Waals surface area (Å²) < 4.78 is 5.23. The molecular weight excluding hydrogens is 264 g/mol. The van der Waals surface area contributed by atoms with Gasteiger partial charge < -0.3 is 10.5 Å². The van der Waals surface area contributed by atoms with Gasteiger partial charge >= 0.3 is 5.97 Å². The van der Waals surface area contributed by atoms with Crippen molar-refractivity contribution in [1.29, 1.82) is 0 Å². The maximum atomic E-state index is 12.3. The summed E-state index contributed by atoms with van der Waals surface area (Å²) in [6, 6.07) is 9.95. The molecular formula is C17H22N2O2. The number of benzene rings is 1. The van der Waals surface area contributed by atoms with Gasteiger partial charge in [-0.2, -0.15) is 0 Å². The van der Waals surface area contributed by atoms with E-state index in [1.54, 1.807) is 6.20 Å². The van der Waals surface area contributed by atoms with E-state index < -0.39 is 5.41 Å². The zero-order chi connectivity index (χ0) is 15.3. The zero-order valence-corrected chi connectivity index (χ0v) is 12.6. The highest BCUT2D eigenvalue weighted by atomic mass is 16.5. The van der Waals surface area contributed by atoms with Gasteiger partial charge in [-0.25, -0.2) is 0 Å². The molecule has 0 aliphatic heterocycles. The summed E-state index contributed by atoms with van der Waals surface area (Å²) in [6.07, 6.45) is 2.96. The highest BCUT2D eigenvalue weighted by Gasteiger charge is 2.37. The maximum absolute atomic E-state index is 12.3. The minimum Gasteiger partial charge on any atom is -0.466 e. The third-order valence-corrected chi connectivity index (χ3v) is 4.02. The lowest BCUT2D eigenvalue weighted by Gasteiger charge is -2.29.